The van der Waals surface area contributed by atoms with E-state index in [9.17, 15) is 0 Å². The third-order valence-corrected chi connectivity index (χ3v) is 1.32. The van der Waals surface area contributed by atoms with Crippen molar-refractivity contribution in [2.24, 2.45) is 15.1 Å². The Bertz CT molecular complexity index is 144. The first-order valence-corrected chi connectivity index (χ1v) is 3.81. The van der Waals surface area contributed by atoms with Gasteiger partial charge in [0.2, 0.25) is 5.96 Å². The van der Waals surface area contributed by atoms with Crippen LogP contribution in [0.3, 0.4) is 0 Å². The minimum atomic E-state index is 0.207. The molecule has 0 amide bonds. The van der Waals surface area contributed by atoms with E-state index in [0.29, 0.717) is 6.54 Å². The first kappa shape index (κ1) is 10.4. The minimum absolute atomic E-state index is 0.207. The van der Waals surface area contributed by atoms with E-state index in [0.717, 1.165) is 13.0 Å². The Hall–Kier alpha value is -0.550. The monoisotopic (exact) mass is 174 g/mol. The fourth-order valence-corrected chi connectivity index (χ4v) is 0.667. The van der Waals surface area contributed by atoms with Crippen LogP contribution < -0.4 is 5.73 Å². The highest BCUT2D eigenvalue weighted by atomic mass is 32.1. The second kappa shape index (κ2) is 6.18. The van der Waals surface area contributed by atoms with E-state index in [2.05, 4.69) is 26.7 Å². The lowest BCUT2D eigenvalue weighted by Gasteiger charge is -2.06. The smallest absolute Gasteiger partial charge is 0.227 e. The van der Waals surface area contributed by atoms with Gasteiger partial charge in [0, 0.05) is 19.0 Å². The number of aliphatic imine (C=N–C) groups is 1. The zero-order chi connectivity index (χ0) is 8.69. The molecule has 0 spiro atoms. The lowest BCUT2D eigenvalue weighted by molar-refractivity contribution is 0.403. The molecule has 0 saturated heterocycles. The van der Waals surface area contributed by atoms with Gasteiger partial charge in [0.25, 0.3) is 0 Å². The summed E-state index contributed by atoms with van der Waals surface area (Å²) in [5.41, 5.74) is 5.26. The standard InChI is InChI=1S/C6H14N4S/c1-10(2)5-3-4-8-6(7)9-11/h3-5H2,1-2H3,(H2,7,8). The largest absolute Gasteiger partial charge is 0.367 e. The molecule has 0 aliphatic carbocycles. The average Bonchev–Trinajstić information content (AvgIpc) is 1.97. The summed E-state index contributed by atoms with van der Waals surface area (Å²) < 4.78 is 3.30. The fraction of sp³-hybridized carbons (Fsp3) is 0.833. The van der Waals surface area contributed by atoms with Crippen molar-refractivity contribution < 1.29 is 0 Å². The van der Waals surface area contributed by atoms with Gasteiger partial charge in [0.05, 0.1) is 0 Å². The van der Waals surface area contributed by atoms with E-state index >= 15 is 0 Å². The van der Waals surface area contributed by atoms with Crippen molar-refractivity contribution in [2.75, 3.05) is 27.2 Å². The molecule has 0 aliphatic heterocycles. The maximum absolute atomic E-state index is 5.26. The molecule has 4 nitrogen and oxygen atoms in total. The Balaban J connectivity index is 3.33. The van der Waals surface area contributed by atoms with Crippen LogP contribution in [0.5, 0.6) is 0 Å². The molecule has 5 heteroatoms. The van der Waals surface area contributed by atoms with Crippen molar-refractivity contribution >= 4 is 18.4 Å². The molecule has 0 unspecified atom stereocenters. The maximum Gasteiger partial charge on any atom is 0.227 e. The third-order valence-electron chi connectivity index (χ3n) is 1.13. The van der Waals surface area contributed by atoms with Gasteiger partial charge in [-0.15, -0.1) is 4.36 Å². The van der Waals surface area contributed by atoms with Crippen LogP contribution in [0.1, 0.15) is 6.42 Å². The number of rotatable bonds is 4. The first-order valence-electron chi connectivity index (χ1n) is 3.45. The molecule has 0 heterocycles. The predicted molar refractivity (Wildman–Crippen MR) is 49.5 cm³/mol. The van der Waals surface area contributed by atoms with Gasteiger partial charge < -0.3 is 10.6 Å². The molecule has 64 valence electrons. The Kier molecular flexibility index (Phi) is 5.87. The summed E-state index contributed by atoms with van der Waals surface area (Å²) in [7, 11) is 4.04. The van der Waals surface area contributed by atoms with Crippen LogP contribution in [0.4, 0.5) is 0 Å². The van der Waals surface area contributed by atoms with Gasteiger partial charge in [-0.2, -0.15) is 0 Å². The molecule has 0 radical (unpaired) electrons. The molecular weight excluding hydrogens is 160 g/mol. The summed E-state index contributed by atoms with van der Waals surface area (Å²) in [5.74, 6) is 0.207. The zero-order valence-corrected chi connectivity index (χ0v) is 7.77. The molecule has 0 aromatic rings. The van der Waals surface area contributed by atoms with Crippen LogP contribution in [0, 0.1) is 0 Å². The van der Waals surface area contributed by atoms with E-state index in [-0.39, 0.29) is 5.96 Å². The van der Waals surface area contributed by atoms with Crippen molar-refractivity contribution in [2.45, 2.75) is 6.42 Å². The molecule has 0 rings (SSSR count). The van der Waals surface area contributed by atoms with Crippen LogP contribution in [0.2, 0.25) is 0 Å². The number of nitrogens with zero attached hydrogens (tertiary/aromatic N) is 3. The molecule has 0 bridgehead atoms. The van der Waals surface area contributed by atoms with E-state index in [1.54, 1.807) is 0 Å². The molecule has 0 aromatic carbocycles. The highest BCUT2D eigenvalue weighted by molar-refractivity contribution is 7.47. The molecule has 0 fully saturated rings. The van der Waals surface area contributed by atoms with Crippen molar-refractivity contribution in [1.82, 2.24) is 4.90 Å². The van der Waals surface area contributed by atoms with Crippen LogP contribution in [0.15, 0.2) is 9.36 Å². The number of nitrogens with two attached hydrogens (primary N) is 1. The van der Waals surface area contributed by atoms with Crippen molar-refractivity contribution in [1.29, 1.82) is 0 Å². The van der Waals surface area contributed by atoms with Crippen molar-refractivity contribution in [3.63, 3.8) is 0 Å². The van der Waals surface area contributed by atoms with E-state index in [4.69, 9.17) is 5.73 Å². The van der Waals surface area contributed by atoms with Gasteiger partial charge in [0.1, 0.15) is 0 Å². The van der Waals surface area contributed by atoms with Crippen LogP contribution >= 0.6 is 0 Å². The Morgan fingerprint density at radius 2 is 2.18 bits per heavy atom. The van der Waals surface area contributed by atoms with Gasteiger partial charge in [-0.3, -0.25) is 4.99 Å². The Labute approximate surface area is 72.7 Å². The van der Waals surface area contributed by atoms with Crippen LogP contribution in [-0.4, -0.2) is 38.0 Å². The summed E-state index contributed by atoms with van der Waals surface area (Å²) in [6, 6.07) is 0. The van der Waals surface area contributed by atoms with Crippen molar-refractivity contribution in [3.05, 3.63) is 0 Å². The zero-order valence-electron chi connectivity index (χ0n) is 6.95. The lowest BCUT2D eigenvalue weighted by Crippen LogP contribution is -2.14. The highest BCUT2D eigenvalue weighted by Crippen LogP contribution is 1.84. The third kappa shape index (κ3) is 7.35. The van der Waals surface area contributed by atoms with Crippen LogP contribution in [0.25, 0.3) is 0 Å². The SMILES string of the molecule is CN(C)CCCN=C(N)N=S. The summed E-state index contributed by atoms with van der Waals surface area (Å²) >= 11 is 4.33. The molecule has 0 atom stereocenters. The number of guanidine groups is 1. The Morgan fingerprint density at radius 1 is 1.55 bits per heavy atom. The molecular formula is C6H14N4S. The second-order valence-electron chi connectivity index (χ2n) is 2.49. The van der Waals surface area contributed by atoms with Gasteiger partial charge in [0.15, 0.2) is 0 Å². The minimum Gasteiger partial charge on any atom is -0.367 e. The number of hydrogen-bond donors (Lipinski definition) is 1. The second-order valence-corrected chi connectivity index (χ2v) is 2.67. The van der Waals surface area contributed by atoms with Gasteiger partial charge in [-0.25, -0.2) is 0 Å². The topological polar surface area (TPSA) is 54.0 Å². The summed E-state index contributed by atoms with van der Waals surface area (Å²) in [6.07, 6.45) is 0.985. The molecule has 0 aliphatic rings. The van der Waals surface area contributed by atoms with E-state index in [1.807, 2.05) is 14.1 Å². The van der Waals surface area contributed by atoms with Crippen LogP contribution in [-0.2, 0) is 12.4 Å². The summed E-state index contributed by atoms with van der Waals surface area (Å²) in [6.45, 7) is 1.71. The predicted octanol–water partition coefficient (Wildman–Crippen LogP) is -0.0167. The maximum atomic E-state index is 5.26. The van der Waals surface area contributed by atoms with Gasteiger partial charge >= 0.3 is 0 Å². The van der Waals surface area contributed by atoms with Crippen molar-refractivity contribution in [3.8, 4) is 0 Å². The van der Waals surface area contributed by atoms with Gasteiger partial charge in [-0.05, 0) is 27.1 Å². The fourth-order valence-electron chi connectivity index (χ4n) is 0.609. The summed E-state index contributed by atoms with van der Waals surface area (Å²) in [4.78, 5) is 6.01. The van der Waals surface area contributed by atoms with E-state index in [1.165, 1.54) is 0 Å². The first-order chi connectivity index (χ1) is 5.16. The molecule has 2 N–H and O–H groups in total. The molecule has 0 saturated carbocycles. The van der Waals surface area contributed by atoms with E-state index < -0.39 is 0 Å². The van der Waals surface area contributed by atoms with Gasteiger partial charge in [-0.1, -0.05) is 0 Å². The molecule has 11 heavy (non-hydrogen) atoms. The Morgan fingerprint density at radius 3 is 2.64 bits per heavy atom. The highest BCUT2D eigenvalue weighted by Gasteiger charge is 1.89. The average molecular weight is 174 g/mol. The molecule has 0 aromatic heterocycles. The number of hydrogen-bond acceptors (Lipinski definition) is 3. The normalized spacial score (nSPS) is 12.1. The lowest BCUT2D eigenvalue weighted by atomic mass is 10.4. The summed E-state index contributed by atoms with van der Waals surface area (Å²) in [5, 5.41) is 0. The quantitative estimate of drug-likeness (QED) is 0.370.